The maximum absolute atomic E-state index is 13.9. The minimum absolute atomic E-state index is 0.0482. The van der Waals surface area contributed by atoms with Crippen LogP contribution in [0.4, 0.5) is 11.9 Å². The summed E-state index contributed by atoms with van der Waals surface area (Å²) in [5.74, 6) is -0.0545. The highest BCUT2D eigenvalue weighted by Gasteiger charge is 2.28. The summed E-state index contributed by atoms with van der Waals surface area (Å²) in [5.41, 5.74) is 15.1. The number of nitrogen functional groups attached to an aromatic ring is 1. The number of hydrogen-bond donors (Lipinski definition) is 4. The Balaban J connectivity index is 1.59. The van der Waals surface area contributed by atoms with Crippen LogP contribution < -0.4 is 27.0 Å². The molecule has 2 amide bonds. The first-order chi connectivity index (χ1) is 19.8. The Morgan fingerprint density at radius 3 is 1.76 bits per heavy atom. The lowest BCUT2D eigenvalue weighted by molar-refractivity contribution is -0.130. The number of nitrogens with two attached hydrogens (primary N) is 2. The number of amides is 2. The third kappa shape index (κ3) is 8.58. The Morgan fingerprint density at radius 2 is 1.22 bits per heavy atom. The lowest BCUT2D eigenvalue weighted by atomic mass is 10.0. The van der Waals surface area contributed by atoms with Crippen LogP contribution >= 0.6 is 0 Å². The quantitative estimate of drug-likeness (QED) is 0.209. The lowest BCUT2D eigenvalue weighted by Crippen LogP contribution is -2.53. The SMILES string of the molecule is CN(C)c1nc(N)nc(C(Cc2ccccc2)NC(=O)C(Cc2ccccc2)NC(=O)C(N)Cc2ccccc2)n1. The van der Waals surface area contributed by atoms with Gasteiger partial charge in [-0.3, -0.25) is 9.59 Å². The number of nitrogens with zero attached hydrogens (tertiary/aromatic N) is 4. The van der Waals surface area contributed by atoms with Crippen LogP contribution in [0.5, 0.6) is 0 Å². The van der Waals surface area contributed by atoms with Crippen LogP contribution in [0.15, 0.2) is 91.0 Å². The number of anilines is 2. The number of hydrogen-bond acceptors (Lipinski definition) is 8. The molecule has 6 N–H and O–H groups in total. The van der Waals surface area contributed by atoms with Crippen LogP contribution in [0.3, 0.4) is 0 Å². The Bertz CT molecular complexity index is 1420. The molecule has 0 aliphatic carbocycles. The van der Waals surface area contributed by atoms with Gasteiger partial charge in [0.15, 0.2) is 5.82 Å². The molecule has 10 heteroatoms. The molecule has 10 nitrogen and oxygen atoms in total. The number of benzene rings is 3. The first-order valence-corrected chi connectivity index (χ1v) is 13.5. The zero-order chi connectivity index (χ0) is 29.2. The molecule has 0 spiro atoms. The molecular weight excluding hydrogens is 516 g/mol. The fraction of sp³-hybridized carbons (Fsp3) is 0.258. The average molecular weight is 553 g/mol. The monoisotopic (exact) mass is 552 g/mol. The topological polar surface area (TPSA) is 152 Å². The molecule has 0 aliphatic heterocycles. The van der Waals surface area contributed by atoms with E-state index in [-0.39, 0.29) is 18.3 Å². The lowest BCUT2D eigenvalue weighted by Gasteiger charge is -2.25. The summed E-state index contributed by atoms with van der Waals surface area (Å²) >= 11 is 0. The van der Waals surface area contributed by atoms with Crippen molar-refractivity contribution < 1.29 is 9.59 Å². The number of carbonyl (C=O) groups excluding carboxylic acids is 2. The standard InChI is InChI=1S/C31H36N8O2/c1-39(2)31-37-27(36-30(33)38-31)25(19-22-14-8-4-9-15-22)34-29(41)26(20-23-16-10-5-11-17-23)35-28(40)24(32)18-21-12-6-3-7-13-21/h3-17,24-26H,18-20,32H2,1-2H3,(H,34,41)(H,35,40)(H2,33,36,37,38). The molecule has 0 saturated heterocycles. The van der Waals surface area contributed by atoms with Gasteiger partial charge in [-0.15, -0.1) is 0 Å². The van der Waals surface area contributed by atoms with Crippen molar-refractivity contribution in [3.05, 3.63) is 114 Å². The van der Waals surface area contributed by atoms with Crippen molar-refractivity contribution in [2.24, 2.45) is 5.73 Å². The van der Waals surface area contributed by atoms with Crippen molar-refractivity contribution in [3.8, 4) is 0 Å². The molecule has 0 aliphatic rings. The summed E-state index contributed by atoms with van der Waals surface area (Å²) < 4.78 is 0. The molecule has 0 saturated carbocycles. The van der Waals surface area contributed by atoms with Crippen molar-refractivity contribution in [3.63, 3.8) is 0 Å². The van der Waals surface area contributed by atoms with E-state index < -0.39 is 24.0 Å². The van der Waals surface area contributed by atoms with E-state index in [0.717, 1.165) is 16.7 Å². The Labute approximate surface area is 240 Å². The molecule has 3 unspecified atom stereocenters. The van der Waals surface area contributed by atoms with Crippen LogP contribution in [-0.4, -0.2) is 52.9 Å². The largest absolute Gasteiger partial charge is 0.368 e. The molecule has 41 heavy (non-hydrogen) atoms. The van der Waals surface area contributed by atoms with Crippen LogP contribution in [0.25, 0.3) is 0 Å². The predicted octanol–water partition coefficient (Wildman–Crippen LogP) is 2.22. The fourth-order valence-corrected chi connectivity index (χ4v) is 4.38. The maximum Gasteiger partial charge on any atom is 0.243 e. The van der Waals surface area contributed by atoms with E-state index in [1.165, 1.54) is 0 Å². The summed E-state index contributed by atoms with van der Waals surface area (Å²) in [5, 5.41) is 5.95. The third-order valence-electron chi connectivity index (χ3n) is 6.52. The highest BCUT2D eigenvalue weighted by atomic mass is 16.2. The van der Waals surface area contributed by atoms with Gasteiger partial charge in [-0.25, -0.2) is 0 Å². The smallest absolute Gasteiger partial charge is 0.243 e. The van der Waals surface area contributed by atoms with Gasteiger partial charge in [0.05, 0.1) is 12.1 Å². The van der Waals surface area contributed by atoms with Crippen LogP contribution in [0, 0.1) is 0 Å². The second kappa shape index (κ2) is 14.0. The van der Waals surface area contributed by atoms with E-state index in [1.807, 2.05) is 91.0 Å². The minimum Gasteiger partial charge on any atom is -0.368 e. The first-order valence-electron chi connectivity index (χ1n) is 13.5. The van der Waals surface area contributed by atoms with Gasteiger partial charge >= 0.3 is 0 Å². The van der Waals surface area contributed by atoms with Gasteiger partial charge in [0.2, 0.25) is 23.7 Å². The van der Waals surface area contributed by atoms with Crippen LogP contribution in [-0.2, 0) is 28.9 Å². The zero-order valence-corrected chi connectivity index (χ0v) is 23.3. The highest BCUT2D eigenvalue weighted by Crippen LogP contribution is 2.19. The molecule has 212 valence electrons. The summed E-state index contributed by atoms with van der Waals surface area (Å²) in [4.78, 5) is 41.9. The Hall–Kier alpha value is -4.83. The van der Waals surface area contributed by atoms with E-state index in [0.29, 0.717) is 24.6 Å². The Morgan fingerprint density at radius 1 is 0.707 bits per heavy atom. The summed E-state index contributed by atoms with van der Waals surface area (Å²) in [6.45, 7) is 0. The van der Waals surface area contributed by atoms with Gasteiger partial charge in [0.1, 0.15) is 6.04 Å². The molecule has 1 heterocycles. The average Bonchev–Trinajstić information content (AvgIpc) is 2.97. The molecule has 4 rings (SSSR count). The first kappa shape index (κ1) is 29.2. The third-order valence-corrected chi connectivity index (χ3v) is 6.52. The summed E-state index contributed by atoms with van der Waals surface area (Å²) in [6, 6.07) is 26.4. The number of aromatic nitrogens is 3. The molecule has 1 aromatic heterocycles. The van der Waals surface area contributed by atoms with Crippen molar-refractivity contribution >= 4 is 23.7 Å². The molecular formula is C31H36N8O2. The summed E-state index contributed by atoms with van der Waals surface area (Å²) in [7, 11) is 3.60. The van der Waals surface area contributed by atoms with E-state index >= 15 is 0 Å². The second-order valence-electron chi connectivity index (χ2n) is 10.0. The number of nitrogens with one attached hydrogen (secondary N) is 2. The molecule has 0 fully saturated rings. The number of rotatable bonds is 12. The van der Waals surface area contributed by atoms with Crippen molar-refractivity contribution in [1.82, 2.24) is 25.6 Å². The normalized spacial score (nSPS) is 13.0. The minimum atomic E-state index is -0.891. The van der Waals surface area contributed by atoms with E-state index in [1.54, 1.807) is 19.0 Å². The van der Waals surface area contributed by atoms with Gasteiger partial charge in [-0.1, -0.05) is 91.0 Å². The summed E-state index contributed by atoms with van der Waals surface area (Å²) in [6.07, 6.45) is 1.03. The number of carbonyl (C=O) groups is 2. The van der Waals surface area contributed by atoms with Crippen molar-refractivity contribution in [2.75, 3.05) is 24.7 Å². The predicted molar refractivity (Wildman–Crippen MR) is 160 cm³/mol. The van der Waals surface area contributed by atoms with E-state index in [9.17, 15) is 9.59 Å². The van der Waals surface area contributed by atoms with Gasteiger partial charge in [-0.2, -0.15) is 15.0 Å². The van der Waals surface area contributed by atoms with Crippen LogP contribution in [0.2, 0.25) is 0 Å². The fourth-order valence-electron chi connectivity index (χ4n) is 4.38. The highest BCUT2D eigenvalue weighted by molar-refractivity contribution is 5.90. The Kier molecular flexibility index (Phi) is 9.95. The molecule has 0 radical (unpaired) electrons. The van der Waals surface area contributed by atoms with Crippen LogP contribution in [0.1, 0.15) is 28.6 Å². The second-order valence-corrected chi connectivity index (χ2v) is 10.0. The molecule has 3 aromatic carbocycles. The molecule has 0 bridgehead atoms. The van der Waals surface area contributed by atoms with Gasteiger partial charge in [0, 0.05) is 20.5 Å². The zero-order valence-electron chi connectivity index (χ0n) is 23.3. The van der Waals surface area contributed by atoms with Gasteiger partial charge < -0.3 is 27.0 Å². The van der Waals surface area contributed by atoms with Gasteiger partial charge in [-0.05, 0) is 29.5 Å². The van der Waals surface area contributed by atoms with Gasteiger partial charge in [0.25, 0.3) is 0 Å². The van der Waals surface area contributed by atoms with Crippen molar-refractivity contribution in [1.29, 1.82) is 0 Å². The van der Waals surface area contributed by atoms with E-state index in [4.69, 9.17) is 11.5 Å². The molecule has 3 atom stereocenters. The van der Waals surface area contributed by atoms with E-state index in [2.05, 4.69) is 25.6 Å². The van der Waals surface area contributed by atoms with Crippen molar-refractivity contribution in [2.45, 2.75) is 37.4 Å². The maximum atomic E-state index is 13.9. The molecule has 4 aromatic rings.